The van der Waals surface area contributed by atoms with Crippen LogP contribution < -0.4 is 11.0 Å². The Balaban J connectivity index is 1.99. The molecule has 0 aliphatic carbocycles. The van der Waals surface area contributed by atoms with E-state index in [0.29, 0.717) is 22.8 Å². The van der Waals surface area contributed by atoms with E-state index in [-0.39, 0.29) is 12.5 Å². The third kappa shape index (κ3) is 4.55. The van der Waals surface area contributed by atoms with Gasteiger partial charge in [0.1, 0.15) is 6.54 Å². The Hall–Kier alpha value is -2.66. The third-order valence-corrected chi connectivity index (χ3v) is 4.63. The predicted octanol–water partition coefficient (Wildman–Crippen LogP) is 4.02. The Morgan fingerprint density at radius 1 is 1.15 bits per heavy atom. The fourth-order valence-electron chi connectivity index (χ4n) is 3.02. The number of halogens is 1. The zero-order chi connectivity index (χ0) is 19.2. The molecule has 6 heteroatoms. The molecule has 0 fully saturated rings. The van der Waals surface area contributed by atoms with Gasteiger partial charge in [0.25, 0.3) is 0 Å². The maximum Gasteiger partial charge on any atom is 0.349 e. The van der Waals surface area contributed by atoms with E-state index in [1.807, 2.05) is 30.3 Å². The van der Waals surface area contributed by atoms with Crippen molar-refractivity contribution in [1.82, 2.24) is 14.9 Å². The molecule has 0 saturated carbocycles. The van der Waals surface area contributed by atoms with E-state index in [9.17, 15) is 9.59 Å². The smallest absolute Gasteiger partial charge is 0.349 e. The number of hydrogen-bond donors (Lipinski definition) is 1. The number of amides is 1. The monoisotopic (exact) mass is 383 g/mol. The van der Waals surface area contributed by atoms with Gasteiger partial charge in [-0.05, 0) is 24.6 Å². The first-order valence-corrected chi connectivity index (χ1v) is 9.50. The molecule has 27 heavy (non-hydrogen) atoms. The molecule has 0 bridgehead atoms. The van der Waals surface area contributed by atoms with Crippen molar-refractivity contribution in [3.63, 3.8) is 0 Å². The van der Waals surface area contributed by atoms with Crippen molar-refractivity contribution >= 4 is 28.4 Å². The second kappa shape index (κ2) is 8.82. The maximum absolute atomic E-state index is 12.7. The summed E-state index contributed by atoms with van der Waals surface area (Å²) in [7, 11) is 0. The topological polar surface area (TPSA) is 64.0 Å². The standard InChI is InChI=1S/C21H22ClN3O2/c1-2-3-7-12-23-19(26)14-25-18-11-10-16(22)13-17(18)20(24-21(25)27)15-8-5-4-6-9-15/h4-6,8-11,13H,2-3,7,12,14H2,1H3,(H,23,26). The van der Waals surface area contributed by atoms with Crippen molar-refractivity contribution < 1.29 is 4.79 Å². The fraction of sp³-hybridized carbons (Fsp3) is 0.286. The molecule has 0 saturated heterocycles. The number of aromatic nitrogens is 2. The minimum atomic E-state index is -0.451. The zero-order valence-electron chi connectivity index (χ0n) is 15.2. The van der Waals surface area contributed by atoms with Gasteiger partial charge in [-0.2, -0.15) is 4.98 Å². The van der Waals surface area contributed by atoms with Crippen LogP contribution in [0, 0.1) is 0 Å². The number of hydrogen-bond acceptors (Lipinski definition) is 3. The number of rotatable bonds is 7. The Labute approximate surface area is 163 Å². The van der Waals surface area contributed by atoms with E-state index in [1.54, 1.807) is 18.2 Å². The van der Waals surface area contributed by atoms with Gasteiger partial charge in [-0.25, -0.2) is 4.79 Å². The summed E-state index contributed by atoms with van der Waals surface area (Å²) >= 11 is 6.18. The van der Waals surface area contributed by atoms with Crippen molar-refractivity contribution in [2.75, 3.05) is 6.54 Å². The summed E-state index contributed by atoms with van der Waals surface area (Å²) < 4.78 is 1.40. The summed E-state index contributed by atoms with van der Waals surface area (Å²) in [5, 5.41) is 4.16. The van der Waals surface area contributed by atoms with Gasteiger partial charge in [0.2, 0.25) is 5.91 Å². The van der Waals surface area contributed by atoms with Crippen LogP contribution in [0.4, 0.5) is 0 Å². The first kappa shape index (κ1) is 19.1. The third-order valence-electron chi connectivity index (χ3n) is 4.39. The molecule has 0 atom stereocenters. The average molecular weight is 384 g/mol. The minimum Gasteiger partial charge on any atom is -0.355 e. The van der Waals surface area contributed by atoms with E-state index >= 15 is 0 Å². The van der Waals surface area contributed by atoms with E-state index < -0.39 is 5.69 Å². The van der Waals surface area contributed by atoms with Crippen LogP contribution >= 0.6 is 11.6 Å². The lowest BCUT2D eigenvalue weighted by Crippen LogP contribution is -2.34. The van der Waals surface area contributed by atoms with Crippen LogP contribution in [0.3, 0.4) is 0 Å². The highest BCUT2D eigenvalue weighted by atomic mass is 35.5. The molecule has 3 aromatic rings. The van der Waals surface area contributed by atoms with Crippen molar-refractivity contribution in [1.29, 1.82) is 0 Å². The Morgan fingerprint density at radius 3 is 2.67 bits per heavy atom. The second-order valence-electron chi connectivity index (χ2n) is 6.41. The summed E-state index contributed by atoms with van der Waals surface area (Å²) in [6.45, 7) is 2.66. The van der Waals surface area contributed by atoms with Gasteiger partial charge in [0, 0.05) is 22.5 Å². The molecular formula is C21H22ClN3O2. The Morgan fingerprint density at radius 2 is 1.93 bits per heavy atom. The van der Waals surface area contributed by atoms with Gasteiger partial charge in [-0.1, -0.05) is 61.7 Å². The van der Waals surface area contributed by atoms with Gasteiger partial charge in [-0.3, -0.25) is 9.36 Å². The van der Waals surface area contributed by atoms with Crippen LogP contribution in [-0.4, -0.2) is 22.0 Å². The molecule has 0 aliphatic heterocycles. The SMILES string of the molecule is CCCCCNC(=O)Cn1c(=O)nc(-c2ccccc2)c2cc(Cl)ccc21. The molecule has 3 rings (SSSR count). The molecule has 0 unspecified atom stereocenters. The molecule has 0 spiro atoms. The summed E-state index contributed by atoms with van der Waals surface area (Å²) in [5.74, 6) is -0.196. The lowest BCUT2D eigenvalue weighted by Gasteiger charge is -2.13. The molecule has 1 aromatic heterocycles. The highest BCUT2D eigenvalue weighted by Gasteiger charge is 2.14. The Bertz CT molecular complexity index is 999. The number of fused-ring (bicyclic) bond motifs is 1. The summed E-state index contributed by atoms with van der Waals surface area (Å²) in [4.78, 5) is 29.2. The molecule has 2 aromatic carbocycles. The molecular weight excluding hydrogens is 362 g/mol. The van der Waals surface area contributed by atoms with Gasteiger partial charge in [0.05, 0.1) is 11.2 Å². The molecule has 1 heterocycles. The quantitative estimate of drug-likeness (QED) is 0.626. The summed E-state index contributed by atoms with van der Waals surface area (Å²) in [6, 6.07) is 14.7. The predicted molar refractivity (Wildman–Crippen MR) is 109 cm³/mol. The largest absolute Gasteiger partial charge is 0.355 e. The number of benzene rings is 2. The summed E-state index contributed by atoms with van der Waals surface area (Å²) in [5.41, 5.74) is 1.59. The molecule has 1 amide bonds. The van der Waals surface area contributed by atoms with Crippen LogP contribution in [-0.2, 0) is 11.3 Å². The van der Waals surface area contributed by atoms with Gasteiger partial charge in [0.15, 0.2) is 0 Å². The molecule has 1 N–H and O–H groups in total. The van der Waals surface area contributed by atoms with Crippen LogP contribution in [0.15, 0.2) is 53.3 Å². The van der Waals surface area contributed by atoms with Gasteiger partial charge in [-0.15, -0.1) is 0 Å². The molecule has 0 radical (unpaired) electrons. The van der Waals surface area contributed by atoms with Gasteiger partial charge >= 0.3 is 5.69 Å². The molecule has 0 aliphatic rings. The van der Waals surface area contributed by atoms with E-state index in [0.717, 1.165) is 30.2 Å². The van der Waals surface area contributed by atoms with E-state index in [2.05, 4.69) is 17.2 Å². The van der Waals surface area contributed by atoms with E-state index in [4.69, 9.17) is 11.6 Å². The van der Waals surface area contributed by atoms with Crippen LogP contribution in [0.2, 0.25) is 5.02 Å². The number of unbranched alkanes of at least 4 members (excludes halogenated alkanes) is 2. The Kier molecular flexibility index (Phi) is 6.24. The summed E-state index contributed by atoms with van der Waals surface area (Å²) in [6.07, 6.45) is 3.08. The van der Waals surface area contributed by atoms with Crippen molar-refractivity contribution in [3.8, 4) is 11.3 Å². The second-order valence-corrected chi connectivity index (χ2v) is 6.85. The van der Waals surface area contributed by atoms with Gasteiger partial charge < -0.3 is 5.32 Å². The van der Waals surface area contributed by atoms with Crippen molar-refractivity contribution in [2.45, 2.75) is 32.7 Å². The highest BCUT2D eigenvalue weighted by molar-refractivity contribution is 6.31. The lowest BCUT2D eigenvalue weighted by molar-refractivity contribution is -0.121. The maximum atomic E-state index is 12.7. The average Bonchev–Trinajstić information content (AvgIpc) is 2.68. The van der Waals surface area contributed by atoms with Crippen LogP contribution in [0.25, 0.3) is 22.2 Å². The van der Waals surface area contributed by atoms with E-state index in [1.165, 1.54) is 4.57 Å². The first-order chi connectivity index (χ1) is 13.1. The van der Waals surface area contributed by atoms with Crippen molar-refractivity contribution in [2.24, 2.45) is 0 Å². The number of nitrogens with one attached hydrogen (secondary N) is 1. The number of carbonyl (C=O) groups excluding carboxylic acids is 1. The van der Waals surface area contributed by atoms with Crippen LogP contribution in [0.5, 0.6) is 0 Å². The molecule has 5 nitrogen and oxygen atoms in total. The lowest BCUT2D eigenvalue weighted by atomic mass is 10.1. The minimum absolute atomic E-state index is 0.0643. The number of nitrogens with zero attached hydrogens (tertiary/aromatic N) is 2. The normalized spacial score (nSPS) is 10.9. The highest BCUT2D eigenvalue weighted by Crippen LogP contribution is 2.27. The first-order valence-electron chi connectivity index (χ1n) is 9.12. The van der Waals surface area contributed by atoms with Crippen LogP contribution in [0.1, 0.15) is 26.2 Å². The van der Waals surface area contributed by atoms with Crippen molar-refractivity contribution in [3.05, 3.63) is 64.0 Å². The molecule has 140 valence electrons. The fourth-order valence-corrected chi connectivity index (χ4v) is 3.20. The zero-order valence-corrected chi connectivity index (χ0v) is 16.0. The number of carbonyl (C=O) groups is 1.